The fourth-order valence-corrected chi connectivity index (χ4v) is 3.51. The number of nitrogens with zero attached hydrogens (tertiary/aromatic N) is 4. The summed E-state index contributed by atoms with van der Waals surface area (Å²) >= 11 is 0. The largest absolute Gasteiger partial charge is 0.439 e. The molecule has 7 nitrogen and oxygen atoms in total. The van der Waals surface area contributed by atoms with E-state index < -0.39 is 11.7 Å². The molecule has 2 amide bonds. The van der Waals surface area contributed by atoms with Crippen LogP contribution in [0.4, 0.5) is 23.7 Å². The SMILES string of the molecule is Cl.N#Cc1ccc(NC(=O)N2CCC(=Cc3cccc(Oc4ccc(C(F)(F)F)cn4)c3)CC2)cn1. The Kier molecular flexibility index (Phi) is 8.51. The lowest BCUT2D eigenvalue weighted by atomic mass is 10.0. The van der Waals surface area contributed by atoms with E-state index in [2.05, 4.69) is 15.3 Å². The van der Waals surface area contributed by atoms with Crippen molar-refractivity contribution < 1.29 is 22.7 Å². The summed E-state index contributed by atoms with van der Waals surface area (Å²) < 4.78 is 43.7. The molecule has 0 unspecified atom stereocenters. The number of nitrogens with one attached hydrogen (secondary N) is 1. The van der Waals surface area contributed by atoms with Crippen molar-refractivity contribution in [2.24, 2.45) is 0 Å². The molecular weight excluding hydrogens is 495 g/mol. The molecule has 186 valence electrons. The van der Waals surface area contributed by atoms with Crippen LogP contribution in [0.1, 0.15) is 29.7 Å². The average Bonchev–Trinajstić information content (AvgIpc) is 2.85. The third kappa shape index (κ3) is 6.96. The van der Waals surface area contributed by atoms with Crippen LogP contribution in [0.25, 0.3) is 6.08 Å². The Bertz CT molecular complexity index is 1260. The standard InChI is InChI=1S/C25H20F3N5O2.ClH/c26-25(27,28)19-4-7-23(31-15-19)35-22-3-1-2-18(13-22)12-17-8-10-33(11-9-17)24(34)32-21-6-5-20(14-29)30-16-21;/h1-7,12-13,15-16H,8-11H2,(H,32,34);1H. The van der Waals surface area contributed by atoms with E-state index in [0.29, 0.717) is 37.4 Å². The maximum Gasteiger partial charge on any atom is 0.417 e. The third-order valence-corrected chi connectivity index (χ3v) is 5.34. The number of benzene rings is 1. The minimum atomic E-state index is -4.45. The molecule has 0 atom stereocenters. The summed E-state index contributed by atoms with van der Waals surface area (Å²) in [5, 5.41) is 11.6. The van der Waals surface area contributed by atoms with Crippen LogP contribution >= 0.6 is 12.4 Å². The Hall–Kier alpha value is -4.10. The van der Waals surface area contributed by atoms with E-state index in [1.165, 1.54) is 23.9 Å². The van der Waals surface area contributed by atoms with Gasteiger partial charge in [-0.05, 0) is 48.7 Å². The Morgan fingerprint density at radius 3 is 2.47 bits per heavy atom. The van der Waals surface area contributed by atoms with Crippen LogP contribution in [0.2, 0.25) is 0 Å². The highest BCUT2D eigenvalue weighted by atomic mass is 35.5. The number of rotatable bonds is 4. The normalized spacial score (nSPS) is 13.3. The number of carbonyl (C=O) groups excluding carboxylic acids is 1. The molecule has 0 saturated carbocycles. The van der Waals surface area contributed by atoms with E-state index in [4.69, 9.17) is 10.00 Å². The molecule has 36 heavy (non-hydrogen) atoms. The molecule has 0 radical (unpaired) electrons. The van der Waals surface area contributed by atoms with Gasteiger partial charge in [-0.25, -0.2) is 14.8 Å². The monoisotopic (exact) mass is 515 g/mol. The first kappa shape index (κ1) is 26.5. The number of halogens is 4. The maximum absolute atomic E-state index is 12.7. The van der Waals surface area contributed by atoms with E-state index in [9.17, 15) is 18.0 Å². The fourth-order valence-electron chi connectivity index (χ4n) is 3.51. The number of hydrogen-bond donors (Lipinski definition) is 1. The number of amides is 2. The molecule has 3 heterocycles. The third-order valence-electron chi connectivity index (χ3n) is 5.34. The summed E-state index contributed by atoms with van der Waals surface area (Å²) in [7, 11) is 0. The second kappa shape index (κ2) is 11.6. The molecule has 2 aromatic heterocycles. The van der Waals surface area contributed by atoms with E-state index in [1.54, 1.807) is 29.2 Å². The van der Waals surface area contributed by atoms with Crippen molar-refractivity contribution >= 4 is 30.2 Å². The van der Waals surface area contributed by atoms with Gasteiger partial charge in [0.15, 0.2) is 0 Å². The predicted octanol–water partition coefficient (Wildman–Crippen LogP) is 6.29. The van der Waals surface area contributed by atoms with Crippen LogP contribution in [-0.2, 0) is 6.18 Å². The van der Waals surface area contributed by atoms with Crippen molar-refractivity contribution in [1.29, 1.82) is 5.26 Å². The summed E-state index contributed by atoms with van der Waals surface area (Å²) in [6, 6.07) is 14.2. The van der Waals surface area contributed by atoms with Crippen LogP contribution in [0.5, 0.6) is 11.6 Å². The molecule has 1 aromatic carbocycles. The van der Waals surface area contributed by atoms with Crippen molar-refractivity contribution in [1.82, 2.24) is 14.9 Å². The number of hydrogen-bond acceptors (Lipinski definition) is 5. The van der Waals surface area contributed by atoms with Crippen LogP contribution in [0.15, 0.2) is 66.5 Å². The zero-order valence-electron chi connectivity index (χ0n) is 18.8. The molecular formula is C25H21ClF3N5O2. The van der Waals surface area contributed by atoms with E-state index in [1.807, 2.05) is 18.2 Å². The number of anilines is 1. The lowest BCUT2D eigenvalue weighted by Gasteiger charge is -2.28. The van der Waals surface area contributed by atoms with Gasteiger partial charge in [-0.3, -0.25) is 0 Å². The molecule has 3 aromatic rings. The molecule has 11 heteroatoms. The predicted molar refractivity (Wildman–Crippen MR) is 130 cm³/mol. The highest BCUT2D eigenvalue weighted by Gasteiger charge is 2.30. The first-order valence-corrected chi connectivity index (χ1v) is 10.7. The lowest BCUT2D eigenvalue weighted by Crippen LogP contribution is -2.39. The topological polar surface area (TPSA) is 91.1 Å². The molecule has 1 aliphatic rings. The second-order valence-electron chi connectivity index (χ2n) is 7.82. The molecule has 4 rings (SSSR count). The van der Waals surface area contributed by atoms with Gasteiger partial charge in [0.1, 0.15) is 17.5 Å². The minimum absolute atomic E-state index is 0. The van der Waals surface area contributed by atoms with Gasteiger partial charge < -0.3 is 15.0 Å². The van der Waals surface area contributed by atoms with Crippen molar-refractivity contribution in [3.8, 4) is 17.7 Å². The number of pyridine rings is 2. The Morgan fingerprint density at radius 1 is 1.08 bits per heavy atom. The van der Waals surface area contributed by atoms with Crippen molar-refractivity contribution in [3.05, 3.63) is 83.3 Å². The van der Waals surface area contributed by atoms with Crippen LogP contribution < -0.4 is 10.1 Å². The highest BCUT2D eigenvalue weighted by Crippen LogP contribution is 2.30. The number of likely N-dealkylation sites (tertiary alicyclic amines) is 1. The molecule has 0 spiro atoms. The van der Waals surface area contributed by atoms with E-state index >= 15 is 0 Å². The van der Waals surface area contributed by atoms with E-state index in [-0.39, 0.29) is 30.0 Å². The highest BCUT2D eigenvalue weighted by molar-refractivity contribution is 5.89. The maximum atomic E-state index is 12.7. The Morgan fingerprint density at radius 2 is 1.86 bits per heavy atom. The summed E-state index contributed by atoms with van der Waals surface area (Å²) in [6.45, 7) is 1.10. The van der Waals surface area contributed by atoms with Gasteiger partial charge in [-0.2, -0.15) is 18.4 Å². The lowest BCUT2D eigenvalue weighted by molar-refractivity contribution is -0.137. The molecule has 1 saturated heterocycles. The quantitative estimate of drug-likeness (QED) is 0.441. The van der Waals surface area contributed by atoms with Crippen LogP contribution in [0.3, 0.4) is 0 Å². The number of ether oxygens (including phenoxy) is 1. The van der Waals surface area contributed by atoms with Crippen molar-refractivity contribution in [3.63, 3.8) is 0 Å². The van der Waals surface area contributed by atoms with Crippen LogP contribution in [0, 0.1) is 11.3 Å². The molecule has 1 aliphatic heterocycles. The van der Waals surface area contributed by atoms with Crippen molar-refractivity contribution in [2.45, 2.75) is 19.0 Å². The van der Waals surface area contributed by atoms with Gasteiger partial charge in [-0.1, -0.05) is 23.8 Å². The van der Waals surface area contributed by atoms with Crippen LogP contribution in [-0.4, -0.2) is 34.0 Å². The first-order chi connectivity index (χ1) is 16.8. The Balaban J connectivity index is 0.00000361. The number of piperidine rings is 1. The zero-order chi connectivity index (χ0) is 24.8. The average molecular weight is 516 g/mol. The summed E-state index contributed by atoms with van der Waals surface area (Å²) in [4.78, 5) is 21.9. The second-order valence-corrected chi connectivity index (χ2v) is 7.82. The van der Waals surface area contributed by atoms with Gasteiger partial charge in [0.2, 0.25) is 5.88 Å². The smallest absolute Gasteiger partial charge is 0.417 e. The number of carbonyl (C=O) groups is 1. The zero-order valence-corrected chi connectivity index (χ0v) is 19.6. The van der Waals surface area contributed by atoms with Gasteiger partial charge in [0, 0.05) is 25.4 Å². The molecule has 1 fully saturated rings. The number of nitriles is 1. The number of alkyl halides is 3. The number of aromatic nitrogens is 2. The summed E-state index contributed by atoms with van der Waals surface area (Å²) in [6.07, 6.45) is 1.15. The molecule has 1 N–H and O–H groups in total. The van der Waals surface area contributed by atoms with Crippen molar-refractivity contribution in [2.75, 3.05) is 18.4 Å². The van der Waals surface area contributed by atoms with E-state index in [0.717, 1.165) is 17.8 Å². The van der Waals surface area contributed by atoms with Gasteiger partial charge >= 0.3 is 12.2 Å². The summed E-state index contributed by atoms with van der Waals surface area (Å²) in [5.74, 6) is 0.527. The fraction of sp³-hybridized carbons (Fsp3) is 0.200. The van der Waals surface area contributed by atoms with Gasteiger partial charge in [-0.15, -0.1) is 12.4 Å². The first-order valence-electron chi connectivity index (χ1n) is 10.7. The Labute approximate surface area is 211 Å². The number of urea groups is 1. The molecule has 0 bridgehead atoms. The molecule has 0 aliphatic carbocycles. The van der Waals surface area contributed by atoms with Gasteiger partial charge in [0.25, 0.3) is 0 Å². The minimum Gasteiger partial charge on any atom is -0.439 e. The summed E-state index contributed by atoms with van der Waals surface area (Å²) in [5.41, 5.74) is 2.01. The van der Waals surface area contributed by atoms with Gasteiger partial charge in [0.05, 0.1) is 17.4 Å².